The summed E-state index contributed by atoms with van der Waals surface area (Å²) in [6.45, 7) is 2.66. The molecule has 0 spiro atoms. The van der Waals surface area contributed by atoms with Crippen molar-refractivity contribution in [2.45, 2.75) is 13.8 Å². The highest BCUT2D eigenvalue weighted by molar-refractivity contribution is 6.12. The number of Topliss-reactive ketones (excluding diaryl/α,β-unsaturated/α-hetero) is 1. The van der Waals surface area contributed by atoms with E-state index in [4.69, 9.17) is 9.47 Å². The van der Waals surface area contributed by atoms with Gasteiger partial charge in [-0.05, 0) is 42.8 Å². The maximum absolute atomic E-state index is 12.5. The molecule has 0 bridgehead atoms. The number of esters is 1. The number of nitriles is 1. The van der Waals surface area contributed by atoms with E-state index < -0.39 is 11.9 Å². The summed E-state index contributed by atoms with van der Waals surface area (Å²) in [6.07, 6.45) is 1.37. The topological polar surface area (TPSA) is 105 Å². The van der Waals surface area contributed by atoms with Gasteiger partial charge in [-0.2, -0.15) is 5.26 Å². The largest absolute Gasteiger partial charge is 0.493 e. The van der Waals surface area contributed by atoms with Gasteiger partial charge >= 0.3 is 5.97 Å². The van der Waals surface area contributed by atoms with Gasteiger partial charge in [-0.25, -0.2) is 0 Å². The molecule has 0 saturated heterocycles. The van der Waals surface area contributed by atoms with Crippen LogP contribution in [0.4, 0.5) is 5.69 Å². The van der Waals surface area contributed by atoms with Gasteiger partial charge in [0, 0.05) is 12.5 Å². The lowest BCUT2D eigenvalue weighted by atomic mass is 10.1. The normalized spacial score (nSPS) is 10.6. The number of amides is 1. The molecular weight excluding hydrogens is 360 g/mol. The van der Waals surface area contributed by atoms with Crippen LogP contribution in [0.25, 0.3) is 6.08 Å². The highest BCUT2D eigenvalue weighted by atomic mass is 16.6. The molecule has 1 amide bonds. The van der Waals surface area contributed by atoms with E-state index >= 15 is 0 Å². The molecule has 0 aliphatic carbocycles. The quantitative estimate of drug-likeness (QED) is 0.272. The van der Waals surface area contributed by atoms with Crippen molar-refractivity contribution in [3.8, 4) is 17.6 Å². The Morgan fingerprint density at radius 3 is 2.39 bits per heavy atom. The van der Waals surface area contributed by atoms with E-state index in [9.17, 15) is 19.6 Å². The lowest BCUT2D eigenvalue weighted by molar-refractivity contribution is -0.132. The van der Waals surface area contributed by atoms with Crippen LogP contribution in [-0.2, 0) is 9.59 Å². The number of nitrogens with zero attached hydrogens (tertiary/aromatic N) is 1. The molecule has 2 aromatic rings. The van der Waals surface area contributed by atoms with Crippen LogP contribution in [0.15, 0.2) is 48.0 Å². The zero-order valence-corrected chi connectivity index (χ0v) is 15.6. The number of benzene rings is 2. The highest BCUT2D eigenvalue weighted by Crippen LogP contribution is 2.29. The summed E-state index contributed by atoms with van der Waals surface area (Å²) in [7, 11) is 1.41. The van der Waals surface area contributed by atoms with Crippen LogP contribution < -0.4 is 14.8 Å². The van der Waals surface area contributed by atoms with Crippen molar-refractivity contribution < 1.29 is 23.9 Å². The summed E-state index contributed by atoms with van der Waals surface area (Å²) in [5.41, 5.74) is 1.00. The van der Waals surface area contributed by atoms with Gasteiger partial charge in [0.25, 0.3) is 5.91 Å². The second-order valence-electron chi connectivity index (χ2n) is 5.73. The Balaban J connectivity index is 2.31. The predicted octanol–water partition coefficient (Wildman–Crippen LogP) is 3.37. The van der Waals surface area contributed by atoms with E-state index in [0.29, 0.717) is 16.8 Å². The number of hydrogen-bond donors (Lipinski definition) is 1. The molecule has 0 aliphatic heterocycles. The van der Waals surface area contributed by atoms with Crippen molar-refractivity contribution in [3.63, 3.8) is 0 Å². The Kier molecular flexibility index (Phi) is 6.66. The van der Waals surface area contributed by atoms with Crippen LogP contribution in [0.1, 0.15) is 29.8 Å². The van der Waals surface area contributed by atoms with Crippen molar-refractivity contribution in [3.05, 3.63) is 59.2 Å². The first kappa shape index (κ1) is 20.4. The predicted molar refractivity (Wildman–Crippen MR) is 103 cm³/mol. The number of hydrogen-bond acceptors (Lipinski definition) is 6. The Hall–Kier alpha value is -3.92. The molecule has 0 radical (unpaired) electrons. The first-order valence-electron chi connectivity index (χ1n) is 8.25. The third-order valence-electron chi connectivity index (χ3n) is 3.67. The molecule has 0 heterocycles. The van der Waals surface area contributed by atoms with E-state index in [1.807, 2.05) is 6.07 Å². The van der Waals surface area contributed by atoms with Gasteiger partial charge in [0.1, 0.15) is 11.6 Å². The smallest absolute Gasteiger partial charge is 0.308 e. The standard InChI is InChI=1S/C21H18N2O5/c1-13(24)17-6-4-5-7-18(17)23-21(26)16(12-22)10-15-8-9-19(28-14(2)25)20(11-15)27-3/h4-11H,1-3H3,(H,23,26)/b16-10-. The average molecular weight is 378 g/mol. The van der Waals surface area contributed by atoms with E-state index in [1.165, 1.54) is 39.2 Å². The lowest BCUT2D eigenvalue weighted by Gasteiger charge is -2.10. The lowest BCUT2D eigenvalue weighted by Crippen LogP contribution is -2.15. The molecule has 7 nitrogen and oxygen atoms in total. The molecule has 142 valence electrons. The van der Waals surface area contributed by atoms with Crippen LogP contribution in [0.3, 0.4) is 0 Å². The fourth-order valence-corrected chi connectivity index (χ4v) is 2.42. The van der Waals surface area contributed by atoms with Crippen LogP contribution >= 0.6 is 0 Å². The molecule has 1 N–H and O–H groups in total. The number of ketones is 1. The van der Waals surface area contributed by atoms with Crippen molar-refractivity contribution >= 4 is 29.4 Å². The Morgan fingerprint density at radius 2 is 1.79 bits per heavy atom. The summed E-state index contributed by atoms with van der Waals surface area (Å²) in [5, 5.41) is 11.9. The zero-order valence-electron chi connectivity index (χ0n) is 15.6. The molecule has 2 rings (SSSR count). The molecule has 0 fully saturated rings. The molecule has 7 heteroatoms. The second kappa shape index (κ2) is 9.14. The Bertz CT molecular complexity index is 1000. The minimum atomic E-state index is -0.653. The minimum Gasteiger partial charge on any atom is -0.493 e. The number of nitrogens with one attached hydrogen (secondary N) is 1. The molecule has 0 aliphatic rings. The van der Waals surface area contributed by atoms with E-state index in [0.717, 1.165) is 0 Å². The highest BCUT2D eigenvalue weighted by Gasteiger charge is 2.14. The maximum atomic E-state index is 12.5. The van der Waals surface area contributed by atoms with Crippen LogP contribution in [0.2, 0.25) is 0 Å². The summed E-state index contributed by atoms with van der Waals surface area (Å²) < 4.78 is 10.2. The summed E-state index contributed by atoms with van der Waals surface area (Å²) >= 11 is 0. The van der Waals surface area contributed by atoms with Crippen molar-refractivity contribution in [2.75, 3.05) is 12.4 Å². The average Bonchev–Trinajstić information content (AvgIpc) is 2.66. The summed E-state index contributed by atoms with van der Waals surface area (Å²) in [6, 6.07) is 13.0. The van der Waals surface area contributed by atoms with E-state index in [2.05, 4.69) is 5.32 Å². The van der Waals surface area contributed by atoms with Gasteiger partial charge in [0.15, 0.2) is 17.3 Å². The monoisotopic (exact) mass is 378 g/mol. The molecule has 28 heavy (non-hydrogen) atoms. The van der Waals surface area contributed by atoms with Gasteiger partial charge in [-0.1, -0.05) is 18.2 Å². The molecule has 0 atom stereocenters. The van der Waals surface area contributed by atoms with Crippen molar-refractivity contribution in [1.82, 2.24) is 0 Å². The van der Waals surface area contributed by atoms with Gasteiger partial charge in [0.05, 0.1) is 12.8 Å². The second-order valence-corrected chi connectivity index (χ2v) is 5.73. The Morgan fingerprint density at radius 1 is 1.07 bits per heavy atom. The number of anilines is 1. The van der Waals surface area contributed by atoms with Crippen molar-refractivity contribution in [1.29, 1.82) is 5.26 Å². The van der Waals surface area contributed by atoms with E-state index in [-0.39, 0.29) is 22.9 Å². The number of rotatable bonds is 6. The first-order chi connectivity index (χ1) is 13.3. The van der Waals surface area contributed by atoms with Crippen LogP contribution in [0.5, 0.6) is 11.5 Å². The number of methoxy groups -OCH3 is 1. The fourth-order valence-electron chi connectivity index (χ4n) is 2.42. The van der Waals surface area contributed by atoms with Gasteiger partial charge in [-0.15, -0.1) is 0 Å². The Labute approximate surface area is 162 Å². The van der Waals surface area contributed by atoms with Gasteiger partial charge in [-0.3, -0.25) is 14.4 Å². The zero-order chi connectivity index (χ0) is 20.7. The van der Waals surface area contributed by atoms with E-state index in [1.54, 1.807) is 30.3 Å². The fraction of sp³-hybridized carbons (Fsp3) is 0.143. The molecule has 0 unspecified atom stereocenters. The van der Waals surface area contributed by atoms with Crippen molar-refractivity contribution in [2.24, 2.45) is 0 Å². The first-order valence-corrected chi connectivity index (χ1v) is 8.25. The SMILES string of the molecule is COc1cc(/C=C(/C#N)C(=O)Nc2ccccc2C(C)=O)ccc1OC(C)=O. The molecular formula is C21H18N2O5. The summed E-state index contributed by atoms with van der Waals surface area (Å²) in [4.78, 5) is 35.3. The number of carbonyl (C=O) groups excluding carboxylic acids is 3. The molecule has 0 saturated carbocycles. The third-order valence-corrected chi connectivity index (χ3v) is 3.67. The molecule has 0 aromatic heterocycles. The number of carbonyl (C=O) groups is 3. The molecule has 2 aromatic carbocycles. The minimum absolute atomic E-state index is 0.166. The van der Waals surface area contributed by atoms with Crippen LogP contribution in [0, 0.1) is 11.3 Å². The van der Waals surface area contributed by atoms with Gasteiger partial charge < -0.3 is 14.8 Å². The number of para-hydroxylation sites is 1. The maximum Gasteiger partial charge on any atom is 0.308 e. The van der Waals surface area contributed by atoms with Gasteiger partial charge in [0.2, 0.25) is 0 Å². The summed E-state index contributed by atoms with van der Waals surface area (Å²) in [5.74, 6) is -0.847. The third kappa shape index (κ3) is 5.05. The number of ether oxygens (including phenoxy) is 2. The van der Waals surface area contributed by atoms with Crippen LogP contribution in [-0.4, -0.2) is 24.8 Å².